The molecule has 1 aromatic rings. The Morgan fingerprint density at radius 1 is 1.75 bits per heavy atom. The number of nitrogens with one attached hydrogen (secondary N) is 2. The molecule has 1 heterocycles. The molecule has 0 aromatic carbocycles. The van der Waals surface area contributed by atoms with Crippen molar-refractivity contribution in [3.8, 4) is 0 Å². The number of aliphatic hydroxyl groups is 1. The lowest BCUT2D eigenvalue weighted by Crippen LogP contribution is -2.48. The summed E-state index contributed by atoms with van der Waals surface area (Å²) < 4.78 is 0. The molecule has 7 nitrogen and oxygen atoms in total. The van der Waals surface area contributed by atoms with E-state index >= 15 is 0 Å². The molecule has 0 aliphatic heterocycles. The second-order valence-electron chi connectivity index (χ2n) is 3.32. The molecule has 0 spiro atoms. The van der Waals surface area contributed by atoms with Crippen LogP contribution in [0.25, 0.3) is 0 Å². The van der Waals surface area contributed by atoms with Crippen LogP contribution in [0.15, 0.2) is 12.5 Å². The Labute approximate surface area is 92.1 Å². The molecule has 1 rings (SSSR count). The van der Waals surface area contributed by atoms with Crippen molar-refractivity contribution in [1.29, 1.82) is 0 Å². The van der Waals surface area contributed by atoms with Gasteiger partial charge in [0.2, 0.25) is 5.91 Å². The van der Waals surface area contributed by atoms with E-state index in [4.69, 9.17) is 10.8 Å². The first-order chi connectivity index (χ1) is 7.67. The molecule has 0 bridgehead atoms. The van der Waals surface area contributed by atoms with Crippen molar-refractivity contribution in [3.05, 3.63) is 18.2 Å². The van der Waals surface area contributed by atoms with Crippen LogP contribution in [-0.2, 0) is 16.0 Å². The van der Waals surface area contributed by atoms with E-state index in [1.807, 2.05) is 0 Å². The third-order valence-electron chi connectivity index (χ3n) is 2.02. The minimum Gasteiger partial charge on any atom is -0.394 e. The predicted molar refractivity (Wildman–Crippen MR) is 55.3 cm³/mol. The van der Waals surface area contributed by atoms with Crippen molar-refractivity contribution >= 4 is 12.2 Å². The molecular weight excluding hydrogens is 212 g/mol. The molecule has 5 N–H and O–H groups in total. The molecule has 2 atom stereocenters. The smallest absolute Gasteiger partial charge is 0.237 e. The van der Waals surface area contributed by atoms with Crippen molar-refractivity contribution in [1.82, 2.24) is 15.3 Å². The molecule has 0 aliphatic rings. The second-order valence-corrected chi connectivity index (χ2v) is 3.32. The lowest BCUT2D eigenvalue weighted by atomic mass is 10.1. The zero-order valence-electron chi connectivity index (χ0n) is 8.59. The summed E-state index contributed by atoms with van der Waals surface area (Å²) in [6.45, 7) is -0.438. The summed E-state index contributed by atoms with van der Waals surface area (Å²) in [5.74, 6) is -0.485. The van der Waals surface area contributed by atoms with Crippen LogP contribution in [0.1, 0.15) is 5.69 Å². The number of nitrogens with two attached hydrogens (primary N) is 1. The Morgan fingerprint density at radius 2 is 2.50 bits per heavy atom. The van der Waals surface area contributed by atoms with Crippen molar-refractivity contribution in [3.63, 3.8) is 0 Å². The van der Waals surface area contributed by atoms with Crippen LogP contribution < -0.4 is 11.1 Å². The number of aromatic amines is 1. The summed E-state index contributed by atoms with van der Waals surface area (Å²) in [5, 5.41) is 11.0. The molecule has 0 radical (unpaired) electrons. The third kappa shape index (κ3) is 3.44. The summed E-state index contributed by atoms with van der Waals surface area (Å²) >= 11 is 0. The number of hydrogen-bond acceptors (Lipinski definition) is 5. The zero-order valence-corrected chi connectivity index (χ0v) is 8.59. The van der Waals surface area contributed by atoms with Crippen molar-refractivity contribution in [2.75, 3.05) is 6.61 Å². The van der Waals surface area contributed by atoms with E-state index in [9.17, 15) is 9.59 Å². The molecule has 0 unspecified atom stereocenters. The van der Waals surface area contributed by atoms with Gasteiger partial charge in [-0.2, -0.15) is 0 Å². The molecule has 16 heavy (non-hydrogen) atoms. The highest BCUT2D eigenvalue weighted by molar-refractivity contribution is 5.84. The standard InChI is InChI=1S/C9H14N4O3/c10-8(1-6-2-11-5-12-6)9(16)13-7(3-14)4-15/h2-3,5,7-8,15H,1,4,10H2,(H,11,12)(H,13,16)/t7-,8+/m1/s1. The summed E-state index contributed by atoms with van der Waals surface area (Å²) in [5.41, 5.74) is 6.34. The number of amides is 1. The first kappa shape index (κ1) is 12.3. The second kappa shape index (κ2) is 5.99. The van der Waals surface area contributed by atoms with Gasteiger partial charge < -0.3 is 25.9 Å². The molecule has 0 saturated heterocycles. The average molecular weight is 226 g/mol. The molecule has 0 saturated carbocycles. The summed E-state index contributed by atoms with van der Waals surface area (Å²) in [7, 11) is 0. The van der Waals surface area contributed by atoms with Crippen LogP contribution in [0, 0.1) is 0 Å². The number of nitrogens with zero attached hydrogens (tertiary/aromatic N) is 1. The van der Waals surface area contributed by atoms with Gasteiger partial charge >= 0.3 is 0 Å². The van der Waals surface area contributed by atoms with Gasteiger partial charge in [0.25, 0.3) is 0 Å². The number of aldehydes is 1. The van der Waals surface area contributed by atoms with Crippen molar-refractivity contribution < 1.29 is 14.7 Å². The largest absolute Gasteiger partial charge is 0.394 e. The fourth-order valence-electron chi connectivity index (χ4n) is 1.14. The van der Waals surface area contributed by atoms with Crippen LogP contribution in [0.2, 0.25) is 0 Å². The normalized spacial score (nSPS) is 14.1. The minimum absolute atomic E-state index is 0.294. The van der Waals surface area contributed by atoms with Gasteiger partial charge in [-0.05, 0) is 0 Å². The summed E-state index contributed by atoms with van der Waals surface area (Å²) in [6, 6.07) is -1.69. The lowest BCUT2D eigenvalue weighted by molar-refractivity contribution is -0.125. The van der Waals surface area contributed by atoms with E-state index in [1.165, 1.54) is 6.33 Å². The number of hydrogen-bond donors (Lipinski definition) is 4. The number of carbonyl (C=O) groups is 2. The summed E-state index contributed by atoms with van der Waals surface area (Å²) in [6.07, 6.45) is 3.81. The van der Waals surface area contributed by atoms with Crippen molar-refractivity contribution in [2.45, 2.75) is 18.5 Å². The van der Waals surface area contributed by atoms with Gasteiger partial charge in [0.05, 0.1) is 19.0 Å². The Hall–Kier alpha value is -1.73. The van der Waals surface area contributed by atoms with E-state index in [2.05, 4.69) is 15.3 Å². The first-order valence-electron chi connectivity index (χ1n) is 4.76. The SMILES string of the molecule is N[C@@H](Cc1cnc[nH]1)C(=O)N[C@H](C=O)CO. The number of rotatable bonds is 6. The third-order valence-corrected chi connectivity index (χ3v) is 2.02. The number of carbonyl (C=O) groups excluding carboxylic acids is 2. The van der Waals surface area contributed by atoms with Crippen LogP contribution >= 0.6 is 0 Å². The highest BCUT2D eigenvalue weighted by Crippen LogP contribution is 1.96. The fraction of sp³-hybridized carbons (Fsp3) is 0.444. The molecule has 1 amide bonds. The van der Waals surface area contributed by atoms with Gasteiger partial charge in [-0.1, -0.05) is 0 Å². The maximum Gasteiger partial charge on any atom is 0.237 e. The minimum atomic E-state index is -0.902. The van der Waals surface area contributed by atoms with E-state index < -0.39 is 24.6 Å². The van der Waals surface area contributed by atoms with Crippen LogP contribution in [0.3, 0.4) is 0 Å². The van der Waals surface area contributed by atoms with E-state index in [-0.39, 0.29) is 0 Å². The number of H-pyrrole nitrogens is 1. The van der Waals surface area contributed by atoms with Gasteiger partial charge in [0.1, 0.15) is 12.3 Å². The first-order valence-corrected chi connectivity index (χ1v) is 4.76. The van der Waals surface area contributed by atoms with Crippen LogP contribution in [0.4, 0.5) is 0 Å². The Morgan fingerprint density at radius 3 is 3.00 bits per heavy atom. The van der Waals surface area contributed by atoms with Crippen molar-refractivity contribution in [2.24, 2.45) is 5.73 Å². The topological polar surface area (TPSA) is 121 Å². The molecular formula is C9H14N4O3. The number of imidazole rings is 1. The average Bonchev–Trinajstić information content (AvgIpc) is 2.78. The van der Waals surface area contributed by atoms with Gasteiger partial charge in [-0.25, -0.2) is 4.98 Å². The summed E-state index contributed by atoms with van der Waals surface area (Å²) in [4.78, 5) is 28.4. The molecule has 0 fully saturated rings. The molecule has 88 valence electrons. The number of aliphatic hydroxyl groups excluding tert-OH is 1. The maximum absolute atomic E-state index is 11.5. The molecule has 0 aliphatic carbocycles. The van der Waals surface area contributed by atoms with Gasteiger partial charge in [-0.15, -0.1) is 0 Å². The quantitative estimate of drug-likeness (QED) is 0.416. The molecule has 1 aromatic heterocycles. The van der Waals surface area contributed by atoms with Crippen LogP contribution in [-0.4, -0.2) is 46.0 Å². The Balaban J connectivity index is 2.44. The Kier molecular flexibility index (Phi) is 4.62. The van der Waals surface area contributed by atoms with E-state index in [1.54, 1.807) is 6.20 Å². The highest BCUT2D eigenvalue weighted by Gasteiger charge is 2.17. The Bertz CT molecular complexity index is 339. The van der Waals surface area contributed by atoms with E-state index in [0.29, 0.717) is 12.7 Å². The van der Waals surface area contributed by atoms with Gasteiger partial charge in [0.15, 0.2) is 0 Å². The molecule has 7 heteroatoms. The maximum atomic E-state index is 11.5. The predicted octanol–water partition coefficient (Wildman–Crippen LogP) is -2.04. The highest BCUT2D eigenvalue weighted by atomic mass is 16.3. The zero-order chi connectivity index (χ0) is 12.0. The van der Waals surface area contributed by atoms with Crippen LogP contribution in [0.5, 0.6) is 0 Å². The van der Waals surface area contributed by atoms with E-state index in [0.717, 1.165) is 5.69 Å². The van der Waals surface area contributed by atoms with Gasteiger partial charge in [-0.3, -0.25) is 4.79 Å². The lowest BCUT2D eigenvalue weighted by Gasteiger charge is -2.14. The fourth-order valence-corrected chi connectivity index (χ4v) is 1.14. The van der Waals surface area contributed by atoms with Gasteiger partial charge in [0, 0.05) is 18.3 Å². The number of aromatic nitrogens is 2. The monoisotopic (exact) mass is 226 g/mol.